The topological polar surface area (TPSA) is 68.3 Å². The average Bonchev–Trinajstić information content (AvgIpc) is 2.87. The minimum Gasteiger partial charge on any atom is -0.448 e. The van der Waals surface area contributed by atoms with Gasteiger partial charge < -0.3 is 4.74 Å². The highest BCUT2D eigenvalue weighted by atomic mass is 32.1. The third-order valence-corrected chi connectivity index (χ3v) is 4.57. The van der Waals surface area contributed by atoms with Gasteiger partial charge in [0.1, 0.15) is 0 Å². The number of rotatable bonds is 3. The molecule has 1 aliphatic rings. The Labute approximate surface area is 132 Å². The molecule has 3 rings (SSSR count). The molecule has 0 bridgehead atoms. The number of aryl methyl sites for hydroxylation is 2. The maximum atomic E-state index is 12.3. The van der Waals surface area contributed by atoms with Crippen LogP contribution in [0.25, 0.3) is 0 Å². The molecule has 1 atom stereocenters. The van der Waals surface area contributed by atoms with Crippen molar-refractivity contribution < 1.29 is 14.3 Å². The maximum Gasteiger partial charge on any atom is 0.339 e. The molecule has 22 heavy (non-hydrogen) atoms. The van der Waals surface area contributed by atoms with Crippen molar-refractivity contribution in [2.45, 2.75) is 32.8 Å². The number of thiazole rings is 1. The number of amides is 1. The first-order valence-corrected chi connectivity index (χ1v) is 7.96. The molecule has 6 heteroatoms. The van der Waals surface area contributed by atoms with Crippen LogP contribution in [0.2, 0.25) is 0 Å². The second-order valence-electron chi connectivity index (χ2n) is 5.12. The summed E-state index contributed by atoms with van der Waals surface area (Å²) < 4.78 is 5.24. The largest absolute Gasteiger partial charge is 0.448 e. The van der Waals surface area contributed by atoms with E-state index in [1.807, 2.05) is 26.0 Å². The van der Waals surface area contributed by atoms with Gasteiger partial charge >= 0.3 is 5.97 Å². The first-order chi connectivity index (χ1) is 10.6. The van der Waals surface area contributed by atoms with Crippen LogP contribution in [0.15, 0.2) is 24.3 Å². The van der Waals surface area contributed by atoms with Crippen molar-refractivity contribution in [2.24, 2.45) is 0 Å². The van der Waals surface area contributed by atoms with Gasteiger partial charge in [0.2, 0.25) is 0 Å². The lowest BCUT2D eigenvalue weighted by Crippen LogP contribution is -2.37. The average molecular weight is 316 g/mol. The number of anilines is 1. The fourth-order valence-corrected chi connectivity index (χ4v) is 3.38. The number of hydrogen-bond donors (Lipinski definition) is 1. The van der Waals surface area contributed by atoms with Gasteiger partial charge in [-0.15, -0.1) is 11.3 Å². The van der Waals surface area contributed by atoms with E-state index in [4.69, 9.17) is 4.74 Å². The lowest BCUT2D eigenvalue weighted by Gasteiger charge is -2.23. The summed E-state index contributed by atoms with van der Waals surface area (Å²) in [5, 5.41) is 3.30. The minimum absolute atomic E-state index is 0.334. The molecule has 0 saturated carbocycles. The molecular weight excluding hydrogens is 300 g/mol. The Morgan fingerprint density at radius 2 is 2.23 bits per heavy atom. The Morgan fingerprint density at radius 1 is 1.45 bits per heavy atom. The molecule has 0 radical (unpaired) electrons. The van der Waals surface area contributed by atoms with Crippen molar-refractivity contribution in [1.29, 1.82) is 0 Å². The van der Waals surface area contributed by atoms with Gasteiger partial charge in [-0.3, -0.25) is 10.1 Å². The molecule has 1 N–H and O–H groups in total. The number of benzene rings is 1. The maximum absolute atomic E-state index is 12.3. The molecule has 1 aliphatic heterocycles. The van der Waals surface area contributed by atoms with E-state index in [1.54, 1.807) is 12.1 Å². The molecule has 0 aliphatic carbocycles. The molecule has 2 heterocycles. The number of nitrogens with zero attached hydrogens (tertiary/aromatic N) is 1. The minimum atomic E-state index is -0.809. The van der Waals surface area contributed by atoms with E-state index >= 15 is 0 Å². The van der Waals surface area contributed by atoms with Crippen molar-refractivity contribution >= 4 is 28.3 Å². The third-order valence-electron chi connectivity index (χ3n) is 3.64. The van der Waals surface area contributed by atoms with Crippen molar-refractivity contribution in [2.75, 3.05) is 5.32 Å². The van der Waals surface area contributed by atoms with Crippen LogP contribution in [0.5, 0.6) is 0 Å². The molecule has 0 fully saturated rings. The number of carbonyl (C=O) groups is 2. The first kappa shape index (κ1) is 14.7. The molecule has 114 valence electrons. The van der Waals surface area contributed by atoms with Gasteiger partial charge in [0.25, 0.3) is 5.91 Å². The van der Waals surface area contributed by atoms with Gasteiger partial charge in [-0.2, -0.15) is 0 Å². The van der Waals surface area contributed by atoms with Crippen LogP contribution in [0, 0.1) is 6.92 Å². The highest BCUT2D eigenvalue weighted by Gasteiger charge is 2.31. The first-order valence-electron chi connectivity index (χ1n) is 7.14. The Hall–Kier alpha value is -2.21. The second-order valence-corrected chi connectivity index (χ2v) is 6.32. The predicted molar refractivity (Wildman–Crippen MR) is 84.2 cm³/mol. The van der Waals surface area contributed by atoms with E-state index in [-0.39, 0.29) is 5.91 Å². The summed E-state index contributed by atoms with van der Waals surface area (Å²) in [6, 6.07) is 7.19. The number of aromatic nitrogens is 1. The zero-order chi connectivity index (χ0) is 15.7. The van der Waals surface area contributed by atoms with E-state index in [0.717, 1.165) is 22.6 Å². The van der Waals surface area contributed by atoms with E-state index < -0.39 is 12.1 Å². The highest BCUT2D eigenvalue weighted by molar-refractivity contribution is 7.15. The number of cyclic esters (lactones) is 1. The summed E-state index contributed by atoms with van der Waals surface area (Å²) in [7, 11) is 0. The van der Waals surface area contributed by atoms with Crippen molar-refractivity contribution in [1.82, 2.24) is 4.98 Å². The molecule has 1 aromatic carbocycles. The normalized spacial score (nSPS) is 16.8. The van der Waals surface area contributed by atoms with E-state index in [0.29, 0.717) is 17.1 Å². The van der Waals surface area contributed by atoms with Crippen LogP contribution < -0.4 is 5.32 Å². The van der Waals surface area contributed by atoms with Crippen LogP contribution in [-0.4, -0.2) is 23.0 Å². The van der Waals surface area contributed by atoms with Gasteiger partial charge in [-0.05, 0) is 25.0 Å². The Balaban J connectivity index is 1.75. The summed E-state index contributed by atoms with van der Waals surface area (Å²) in [6.45, 7) is 4.00. The van der Waals surface area contributed by atoms with Crippen LogP contribution in [0.4, 0.5) is 5.13 Å². The lowest BCUT2D eigenvalue weighted by molar-refractivity contribution is -0.125. The fraction of sp³-hybridized carbons (Fsp3) is 0.312. The van der Waals surface area contributed by atoms with Gasteiger partial charge in [0.05, 0.1) is 11.3 Å². The van der Waals surface area contributed by atoms with Crippen LogP contribution in [0.3, 0.4) is 0 Å². The Morgan fingerprint density at radius 3 is 2.95 bits per heavy atom. The summed E-state index contributed by atoms with van der Waals surface area (Å²) in [5.41, 5.74) is 2.35. The Kier molecular flexibility index (Phi) is 3.94. The molecule has 2 aromatic rings. The summed E-state index contributed by atoms with van der Waals surface area (Å²) in [6.07, 6.45) is 0.402. The van der Waals surface area contributed by atoms with E-state index in [9.17, 15) is 9.59 Å². The standard InChI is InChI=1S/C16H16N2O3S/c1-3-12-9(2)22-16(17-12)18-14(19)13-8-10-6-4-5-7-11(10)15(20)21-13/h4-7,13H,3,8H2,1-2H3,(H,17,18,19)/t13-/m0/s1. The molecule has 0 saturated heterocycles. The Bertz CT molecular complexity index is 739. The lowest BCUT2D eigenvalue weighted by atomic mass is 9.98. The summed E-state index contributed by atoms with van der Waals surface area (Å²) >= 11 is 1.43. The third kappa shape index (κ3) is 2.74. The van der Waals surface area contributed by atoms with E-state index in [1.165, 1.54) is 11.3 Å². The molecule has 1 aromatic heterocycles. The summed E-state index contributed by atoms with van der Waals surface area (Å²) in [4.78, 5) is 29.7. The smallest absolute Gasteiger partial charge is 0.339 e. The second kappa shape index (κ2) is 5.88. The summed E-state index contributed by atoms with van der Waals surface area (Å²) in [5.74, 6) is -0.786. The number of hydrogen-bond acceptors (Lipinski definition) is 5. The van der Waals surface area contributed by atoms with Gasteiger partial charge in [-0.1, -0.05) is 25.1 Å². The number of esters is 1. The number of carbonyl (C=O) groups excluding carboxylic acids is 2. The highest BCUT2D eigenvalue weighted by Crippen LogP contribution is 2.25. The number of nitrogens with one attached hydrogen (secondary N) is 1. The SMILES string of the molecule is CCc1nc(NC(=O)[C@@H]2Cc3ccccc3C(=O)O2)sc1C. The zero-order valence-electron chi connectivity index (χ0n) is 12.4. The monoisotopic (exact) mass is 316 g/mol. The molecule has 1 amide bonds. The van der Waals surface area contributed by atoms with Crippen LogP contribution >= 0.6 is 11.3 Å². The van der Waals surface area contributed by atoms with Crippen LogP contribution in [0.1, 0.15) is 33.4 Å². The molecule has 5 nitrogen and oxygen atoms in total. The molecular formula is C16H16N2O3S. The fourth-order valence-electron chi connectivity index (χ4n) is 2.47. The van der Waals surface area contributed by atoms with Crippen molar-refractivity contribution in [3.63, 3.8) is 0 Å². The van der Waals surface area contributed by atoms with E-state index in [2.05, 4.69) is 10.3 Å². The predicted octanol–water partition coefficient (Wildman–Crippen LogP) is 2.73. The zero-order valence-corrected chi connectivity index (χ0v) is 13.2. The van der Waals surface area contributed by atoms with Crippen molar-refractivity contribution in [3.05, 3.63) is 46.0 Å². The van der Waals surface area contributed by atoms with Gasteiger partial charge in [0.15, 0.2) is 11.2 Å². The number of fused-ring (bicyclic) bond motifs is 1. The van der Waals surface area contributed by atoms with Crippen LogP contribution in [-0.2, 0) is 22.4 Å². The molecule has 0 spiro atoms. The number of ether oxygens (including phenoxy) is 1. The van der Waals surface area contributed by atoms with Gasteiger partial charge in [0, 0.05) is 11.3 Å². The van der Waals surface area contributed by atoms with Crippen molar-refractivity contribution in [3.8, 4) is 0 Å². The van der Waals surface area contributed by atoms with Gasteiger partial charge in [-0.25, -0.2) is 9.78 Å². The molecule has 0 unspecified atom stereocenters. The quantitative estimate of drug-likeness (QED) is 0.884.